The van der Waals surface area contributed by atoms with Crippen LogP contribution in [-0.4, -0.2) is 49.3 Å². The summed E-state index contributed by atoms with van der Waals surface area (Å²) in [6, 6.07) is 0. The van der Waals surface area contributed by atoms with E-state index in [0.29, 0.717) is 4.74 Å². The lowest BCUT2D eigenvalue weighted by Crippen LogP contribution is -2.47. The van der Waals surface area contributed by atoms with E-state index in [1.807, 2.05) is 0 Å². The van der Waals surface area contributed by atoms with Crippen LogP contribution < -0.4 is 5.32 Å². The van der Waals surface area contributed by atoms with Gasteiger partial charge in [0.05, 0.1) is 0 Å². The molecule has 0 aromatic heterocycles. The molecule has 0 fully saturated rings. The Morgan fingerprint density at radius 2 is 2.12 bits per heavy atom. The van der Waals surface area contributed by atoms with Gasteiger partial charge in [-0.1, -0.05) is 0 Å². The minimum Gasteiger partial charge on any atom is -0.623 e. The minimum atomic E-state index is -3.37. The average molecular weight is 264 g/mol. The SMILES string of the molecule is CNC(=O)C1(C)CC(P(=O)(OC)OC)C=[N+]1[O-]. The van der Waals surface area contributed by atoms with E-state index in [1.54, 1.807) is 0 Å². The molecule has 2 atom stereocenters. The first-order valence-electron chi connectivity index (χ1n) is 5.09. The van der Waals surface area contributed by atoms with E-state index in [0.717, 1.165) is 0 Å². The van der Waals surface area contributed by atoms with Crippen LogP contribution in [0.15, 0.2) is 0 Å². The number of nitrogens with zero attached hydrogens (tertiary/aromatic N) is 1. The fourth-order valence-electron chi connectivity index (χ4n) is 1.87. The molecule has 1 aliphatic heterocycles. The van der Waals surface area contributed by atoms with Crippen LogP contribution >= 0.6 is 7.60 Å². The molecule has 8 heteroatoms. The highest BCUT2D eigenvalue weighted by Gasteiger charge is 2.54. The summed E-state index contributed by atoms with van der Waals surface area (Å²) in [7, 11) is 0.578. The first kappa shape index (κ1) is 14.2. The maximum atomic E-state index is 12.1. The molecule has 0 aliphatic carbocycles. The summed E-state index contributed by atoms with van der Waals surface area (Å²) in [5, 5.41) is 14.2. The van der Waals surface area contributed by atoms with Gasteiger partial charge in [0.15, 0.2) is 6.21 Å². The number of hydrogen-bond acceptors (Lipinski definition) is 5. The zero-order valence-corrected chi connectivity index (χ0v) is 11.2. The second-order valence-corrected chi connectivity index (χ2v) is 6.48. The fourth-order valence-corrected chi connectivity index (χ4v) is 3.43. The summed E-state index contributed by atoms with van der Waals surface area (Å²) >= 11 is 0. The summed E-state index contributed by atoms with van der Waals surface area (Å²) in [6.45, 7) is 1.49. The monoisotopic (exact) mass is 264 g/mol. The molecule has 0 radical (unpaired) electrons. The van der Waals surface area contributed by atoms with Crippen molar-refractivity contribution in [2.75, 3.05) is 21.3 Å². The first-order chi connectivity index (χ1) is 7.84. The zero-order valence-electron chi connectivity index (χ0n) is 10.3. The molecular weight excluding hydrogens is 247 g/mol. The molecule has 1 rings (SSSR count). The molecule has 2 unspecified atom stereocenters. The summed E-state index contributed by atoms with van der Waals surface area (Å²) in [6.07, 6.45) is 1.28. The van der Waals surface area contributed by atoms with Gasteiger partial charge in [0.1, 0.15) is 5.66 Å². The van der Waals surface area contributed by atoms with Gasteiger partial charge in [-0.25, -0.2) is 0 Å². The van der Waals surface area contributed by atoms with Crippen molar-refractivity contribution in [3.8, 4) is 0 Å². The Hall–Kier alpha value is -0.910. The number of carbonyl (C=O) groups excluding carboxylic acids is 1. The van der Waals surface area contributed by atoms with E-state index in [4.69, 9.17) is 9.05 Å². The predicted octanol–water partition coefficient (Wildman–Crippen LogP) is 0.330. The van der Waals surface area contributed by atoms with Crippen molar-refractivity contribution >= 4 is 19.7 Å². The van der Waals surface area contributed by atoms with Crippen LogP contribution in [0.2, 0.25) is 0 Å². The van der Waals surface area contributed by atoms with Gasteiger partial charge in [0.2, 0.25) is 5.54 Å². The van der Waals surface area contributed by atoms with E-state index in [9.17, 15) is 14.6 Å². The molecule has 1 aliphatic rings. The Morgan fingerprint density at radius 1 is 1.59 bits per heavy atom. The Kier molecular flexibility index (Phi) is 3.96. The molecule has 17 heavy (non-hydrogen) atoms. The van der Waals surface area contributed by atoms with Crippen LogP contribution in [0.1, 0.15) is 13.3 Å². The molecular formula is C9H17N2O5P. The van der Waals surface area contributed by atoms with Gasteiger partial charge >= 0.3 is 7.60 Å². The topological polar surface area (TPSA) is 90.7 Å². The van der Waals surface area contributed by atoms with Crippen molar-refractivity contribution in [1.82, 2.24) is 5.32 Å². The van der Waals surface area contributed by atoms with Gasteiger partial charge in [0.25, 0.3) is 5.91 Å². The predicted molar refractivity (Wildman–Crippen MR) is 62.2 cm³/mol. The number of carbonyl (C=O) groups is 1. The molecule has 0 bridgehead atoms. The second kappa shape index (κ2) is 4.76. The lowest BCUT2D eigenvalue weighted by molar-refractivity contribution is -0.514. The van der Waals surface area contributed by atoms with Gasteiger partial charge in [-0.3, -0.25) is 9.36 Å². The number of likely N-dealkylation sites (N-methyl/N-ethyl adjacent to an activating group) is 1. The van der Waals surface area contributed by atoms with Gasteiger partial charge in [-0.2, -0.15) is 4.74 Å². The first-order valence-corrected chi connectivity index (χ1v) is 6.70. The Morgan fingerprint density at radius 3 is 2.53 bits per heavy atom. The molecule has 0 spiro atoms. The normalized spacial score (nSPS) is 28.9. The lowest BCUT2D eigenvalue weighted by Gasteiger charge is -2.22. The third-order valence-corrected chi connectivity index (χ3v) is 5.18. The van der Waals surface area contributed by atoms with Crippen molar-refractivity contribution in [2.24, 2.45) is 0 Å². The molecule has 0 aromatic rings. The number of hydroxylamine groups is 1. The van der Waals surface area contributed by atoms with Crippen LogP contribution in [0.25, 0.3) is 0 Å². The van der Waals surface area contributed by atoms with Crippen LogP contribution in [0.5, 0.6) is 0 Å². The number of rotatable bonds is 4. The summed E-state index contributed by atoms with van der Waals surface area (Å²) in [5.41, 5.74) is -1.98. The van der Waals surface area contributed by atoms with Crippen molar-refractivity contribution in [3.63, 3.8) is 0 Å². The maximum absolute atomic E-state index is 12.1. The summed E-state index contributed by atoms with van der Waals surface area (Å²) in [4.78, 5) is 11.7. The minimum absolute atomic E-state index is 0.0924. The van der Waals surface area contributed by atoms with Crippen molar-refractivity contribution in [2.45, 2.75) is 24.5 Å². The molecule has 0 saturated heterocycles. The largest absolute Gasteiger partial charge is 0.623 e. The number of hydrogen-bond donors (Lipinski definition) is 1. The number of amides is 1. The standard InChI is InChI=1S/C9H17N2O5P/c1-9(8(12)10-2)5-7(6-11(9)13)17(14,15-3)16-4/h6-7H,5H2,1-4H3,(H,10,12). The maximum Gasteiger partial charge on any atom is 0.343 e. The summed E-state index contributed by atoms with van der Waals surface area (Å²) in [5.74, 6) is -0.426. The molecule has 1 heterocycles. The van der Waals surface area contributed by atoms with Gasteiger partial charge in [-0.05, 0) is 0 Å². The average Bonchev–Trinajstić information content (AvgIpc) is 2.65. The molecule has 0 saturated carbocycles. The van der Waals surface area contributed by atoms with Crippen LogP contribution in [0, 0.1) is 5.21 Å². The third-order valence-electron chi connectivity index (χ3n) is 3.03. The highest BCUT2D eigenvalue weighted by atomic mass is 31.2. The van der Waals surface area contributed by atoms with Crippen LogP contribution in [0.4, 0.5) is 0 Å². The molecule has 0 aromatic carbocycles. The molecule has 98 valence electrons. The summed E-state index contributed by atoms with van der Waals surface area (Å²) < 4.78 is 22.3. The Bertz CT molecular complexity index is 389. The Balaban J connectivity index is 3.02. The number of nitrogens with one attached hydrogen (secondary N) is 1. The van der Waals surface area contributed by atoms with Gasteiger partial charge in [-0.15, -0.1) is 0 Å². The quantitative estimate of drug-likeness (QED) is 0.449. The molecule has 1 amide bonds. The highest BCUT2D eigenvalue weighted by molar-refractivity contribution is 7.55. The molecule has 7 nitrogen and oxygen atoms in total. The zero-order chi connectivity index (χ0) is 13.3. The van der Waals surface area contributed by atoms with E-state index in [2.05, 4.69) is 5.32 Å². The van der Waals surface area contributed by atoms with Crippen molar-refractivity contribution in [1.29, 1.82) is 0 Å². The van der Waals surface area contributed by atoms with E-state index >= 15 is 0 Å². The van der Waals surface area contributed by atoms with E-state index < -0.39 is 24.7 Å². The fraction of sp³-hybridized carbons (Fsp3) is 0.778. The highest BCUT2D eigenvalue weighted by Crippen LogP contribution is 2.54. The van der Waals surface area contributed by atoms with E-state index in [1.165, 1.54) is 34.4 Å². The smallest absolute Gasteiger partial charge is 0.343 e. The van der Waals surface area contributed by atoms with Gasteiger partial charge in [0, 0.05) is 34.6 Å². The Labute approximate surface area is 99.9 Å². The molecule has 1 N–H and O–H groups in total. The third kappa shape index (κ3) is 2.22. The second-order valence-electron chi connectivity index (χ2n) is 4.00. The van der Waals surface area contributed by atoms with Crippen LogP contribution in [-0.2, 0) is 18.4 Å². The van der Waals surface area contributed by atoms with E-state index in [-0.39, 0.29) is 6.42 Å². The lowest BCUT2D eigenvalue weighted by atomic mass is 9.98. The van der Waals surface area contributed by atoms with Crippen molar-refractivity contribution < 1.29 is 23.1 Å². The van der Waals surface area contributed by atoms with Crippen LogP contribution in [0.3, 0.4) is 0 Å². The van der Waals surface area contributed by atoms with Crippen molar-refractivity contribution in [3.05, 3.63) is 5.21 Å². The van der Waals surface area contributed by atoms with Gasteiger partial charge < -0.3 is 19.6 Å².